The van der Waals surface area contributed by atoms with E-state index in [1.165, 1.54) is 24.8 Å². The molecule has 1 atom stereocenters. The van der Waals surface area contributed by atoms with E-state index < -0.39 is 0 Å². The molecule has 0 saturated carbocycles. The number of halogens is 2. The Labute approximate surface area is 119 Å². The second-order valence-corrected chi connectivity index (χ2v) is 5.81. The summed E-state index contributed by atoms with van der Waals surface area (Å²) < 4.78 is 1.76. The summed E-state index contributed by atoms with van der Waals surface area (Å²) in [5.74, 6) is 0.737. The Morgan fingerprint density at radius 1 is 1.39 bits per heavy atom. The number of hydrogen-bond acceptors (Lipinski definition) is 2. The quantitative estimate of drug-likeness (QED) is 0.793. The van der Waals surface area contributed by atoms with Gasteiger partial charge in [0.05, 0.1) is 5.69 Å². The zero-order valence-corrected chi connectivity index (χ0v) is 12.6. The minimum absolute atomic E-state index is 0.604. The minimum Gasteiger partial charge on any atom is -0.296 e. The molecule has 0 N–H and O–H groups in total. The van der Waals surface area contributed by atoms with Crippen LogP contribution in [-0.2, 0) is 13.6 Å². The van der Waals surface area contributed by atoms with E-state index in [1.54, 1.807) is 4.68 Å². The standard InChI is InChI=1S/C13H21Cl2N3/c1-10-12(13(15)17(2)16-10)9-18-8-4-3-5-11(18)6-7-14/h11H,3-9H2,1-2H3. The SMILES string of the molecule is Cc1nn(C)c(Cl)c1CN1CCCCC1CCCl. The molecule has 0 bridgehead atoms. The molecular formula is C13H21Cl2N3. The molecule has 0 aromatic carbocycles. The van der Waals surface area contributed by atoms with Gasteiger partial charge in [0.15, 0.2) is 0 Å². The van der Waals surface area contributed by atoms with Crippen molar-refractivity contribution in [3.05, 3.63) is 16.4 Å². The third-order valence-corrected chi connectivity index (χ3v) is 4.51. The van der Waals surface area contributed by atoms with E-state index in [-0.39, 0.29) is 0 Å². The van der Waals surface area contributed by atoms with Crippen LogP contribution in [0.3, 0.4) is 0 Å². The van der Waals surface area contributed by atoms with Gasteiger partial charge in [-0.2, -0.15) is 5.10 Å². The average molecular weight is 290 g/mol. The first-order chi connectivity index (χ1) is 8.63. The number of rotatable bonds is 4. The summed E-state index contributed by atoms with van der Waals surface area (Å²) >= 11 is 12.2. The van der Waals surface area contributed by atoms with Gasteiger partial charge in [0.1, 0.15) is 5.15 Å². The van der Waals surface area contributed by atoms with Gasteiger partial charge in [0.2, 0.25) is 0 Å². The molecule has 1 unspecified atom stereocenters. The first kappa shape index (κ1) is 14.2. The van der Waals surface area contributed by atoms with Crippen LogP contribution in [0.15, 0.2) is 0 Å². The van der Waals surface area contributed by atoms with Crippen LogP contribution in [0, 0.1) is 6.92 Å². The number of likely N-dealkylation sites (tertiary alicyclic amines) is 1. The molecule has 1 aromatic heterocycles. The maximum atomic E-state index is 6.31. The first-order valence-electron chi connectivity index (χ1n) is 6.61. The van der Waals surface area contributed by atoms with Crippen molar-refractivity contribution < 1.29 is 0 Å². The minimum atomic E-state index is 0.604. The molecule has 2 heterocycles. The Morgan fingerprint density at radius 3 is 2.78 bits per heavy atom. The summed E-state index contributed by atoms with van der Waals surface area (Å²) in [4.78, 5) is 2.52. The number of aromatic nitrogens is 2. The van der Waals surface area contributed by atoms with Crippen molar-refractivity contribution in [3.63, 3.8) is 0 Å². The Hall–Kier alpha value is -0.250. The molecule has 1 aromatic rings. The lowest BCUT2D eigenvalue weighted by Crippen LogP contribution is -2.39. The second kappa shape index (κ2) is 6.27. The third kappa shape index (κ3) is 3.01. The number of aryl methyl sites for hydroxylation is 2. The fourth-order valence-corrected chi connectivity index (χ4v) is 3.26. The topological polar surface area (TPSA) is 21.1 Å². The van der Waals surface area contributed by atoms with Crippen molar-refractivity contribution in [2.75, 3.05) is 12.4 Å². The van der Waals surface area contributed by atoms with E-state index >= 15 is 0 Å². The third-order valence-electron chi connectivity index (χ3n) is 3.82. The molecule has 0 amide bonds. The van der Waals surface area contributed by atoms with Gasteiger partial charge in [0.25, 0.3) is 0 Å². The highest BCUT2D eigenvalue weighted by atomic mass is 35.5. The molecule has 2 rings (SSSR count). The van der Waals surface area contributed by atoms with E-state index in [1.807, 2.05) is 14.0 Å². The van der Waals surface area contributed by atoms with Crippen molar-refractivity contribution in [3.8, 4) is 0 Å². The van der Waals surface area contributed by atoms with E-state index in [2.05, 4.69) is 10.00 Å². The van der Waals surface area contributed by atoms with E-state index in [9.17, 15) is 0 Å². The Morgan fingerprint density at radius 2 is 2.17 bits per heavy atom. The monoisotopic (exact) mass is 289 g/mol. The summed E-state index contributed by atoms with van der Waals surface area (Å²) in [5.41, 5.74) is 2.21. The first-order valence-corrected chi connectivity index (χ1v) is 7.52. The maximum Gasteiger partial charge on any atom is 0.131 e. The highest BCUT2D eigenvalue weighted by molar-refractivity contribution is 6.30. The highest BCUT2D eigenvalue weighted by Crippen LogP contribution is 2.26. The van der Waals surface area contributed by atoms with Gasteiger partial charge >= 0.3 is 0 Å². The fourth-order valence-electron chi connectivity index (χ4n) is 2.78. The van der Waals surface area contributed by atoms with Crippen LogP contribution in [0.4, 0.5) is 0 Å². The van der Waals surface area contributed by atoms with Crippen molar-refractivity contribution >= 4 is 23.2 Å². The average Bonchev–Trinajstić information content (AvgIpc) is 2.59. The Kier molecular flexibility index (Phi) is 4.93. The molecule has 1 aliphatic rings. The van der Waals surface area contributed by atoms with Crippen molar-refractivity contribution in [1.29, 1.82) is 0 Å². The summed E-state index contributed by atoms with van der Waals surface area (Å²) in [7, 11) is 1.89. The molecule has 1 saturated heterocycles. The normalized spacial score (nSPS) is 21.4. The van der Waals surface area contributed by atoms with Crippen LogP contribution in [0.5, 0.6) is 0 Å². The smallest absolute Gasteiger partial charge is 0.131 e. The van der Waals surface area contributed by atoms with Crippen LogP contribution < -0.4 is 0 Å². The van der Waals surface area contributed by atoms with Crippen LogP contribution in [0.25, 0.3) is 0 Å². The van der Waals surface area contributed by atoms with Gasteiger partial charge in [-0.25, -0.2) is 0 Å². The van der Waals surface area contributed by atoms with Crippen LogP contribution in [0.1, 0.15) is 36.9 Å². The van der Waals surface area contributed by atoms with Crippen molar-refractivity contribution in [2.24, 2.45) is 7.05 Å². The predicted molar refractivity (Wildman–Crippen MR) is 76.3 cm³/mol. The zero-order valence-electron chi connectivity index (χ0n) is 11.1. The van der Waals surface area contributed by atoms with E-state index in [0.717, 1.165) is 36.2 Å². The van der Waals surface area contributed by atoms with Crippen LogP contribution >= 0.6 is 23.2 Å². The van der Waals surface area contributed by atoms with Crippen LogP contribution in [0.2, 0.25) is 5.15 Å². The van der Waals surface area contributed by atoms with Gasteiger partial charge in [-0.1, -0.05) is 18.0 Å². The lowest BCUT2D eigenvalue weighted by molar-refractivity contribution is 0.136. The van der Waals surface area contributed by atoms with Gasteiger partial charge in [-0.15, -0.1) is 11.6 Å². The van der Waals surface area contributed by atoms with Crippen molar-refractivity contribution in [2.45, 2.75) is 45.2 Å². The lowest BCUT2D eigenvalue weighted by Gasteiger charge is -2.35. The van der Waals surface area contributed by atoms with E-state index in [0.29, 0.717) is 6.04 Å². The van der Waals surface area contributed by atoms with Gasteiger partial charge in [-0.05, 0) is 32.7 Å². The lowest BCUT2D eigenvalue weighted by atomic mass is 9.99. The number of piperidine rings is 1. The van der Waals surface area contributed by atoms with Crippen LogP contribution in [-0.4, -0.2) is 33.1 Å². The van der Waals surface area contributed by atoms with Crippen molar-refractivity contribution in [1.82, 2.24) is 14.7 Å². The summed E-state index contributed by atoms with van der Waals surface area (Å²) in [6.07, 6.45) is 4.91. The number of hydrogen-bond donors (Lipinski definition) is 0. The van der Waals surface area contributed by atoms with Gasteiger partial charge in [-0.3, -0.25) is 9.58 Å². The molecule has 0 radical (unpaired) electrons. The second-order valence-electron chi connectivity index (χ2n) is 5.08. The molecule has 0 spiro atoms. The predicted octanol–water partition coefficient (Wildman–Crippen LogP) is 3.37. The summed E-state index contributed by atoms with van der Waals surface area (Å²) in [6, 6.07) is 0.604. The van der Waals surface area contributed by atoms with E-state index in [4.69, 9.17) is 23.2 Å². The molecule has 5 heteroatoms. The highest BCUT2D eigenvalue weighted by Gasteiger charge is 2.24. The Bertz CT molecular complexity index is 401. The molecule has 1 fully saturated rings. The summed E-state index contributed by atoms with van der Waals surface area (Å²) in [5, 5.41) is 5.15. The van der Waals surface area contributed by atoms with Gasteiger partial charge in [0, 0.05) is 31.1 Å². The molecule has 18 heavy (non-hydrogen) atoms. The molecule has 1 aliphatic heterocycles. The largest absolute Gasteiger partial charge is 0.296 e. The number of nitrogens with zero attached hydrogens (tertiary/aromatic N) is 3. The maximum absolute atomic E-state index is 6.31. The molecule has 3 nitrogen and oxygen atoms in total. The molecular weight excluding hydrogens is 269 g/mol. The Balaban J connectivity index is 2.10. The molecule has 0 aliphatic carbocycles. The number of alkyl halides is 1. The summed E-state index contributed by atoms with van der Waals surface area (Å²) in [6.45, 7) is 4.08. The zero-order chi connectivity index (χ0) is 13.1. The molecule has 102 valence electrons. The fraction of sp³-hybridized carbons (Fsp3) is 0.769. The van der Waals surface area contributed by atoms with Gasteiger partial charge < -0.3 is 0 Å².